The Hall–Kier alpha value is -1.14. The fourth-order valence-electron chi connectivity index (χ4n) is 3.16. The molecular weight excluding hydrogens is 316 g/mol. The number of hydrogen-bond donors (Lipinski definition) is 1. The van der Waals surface area contributed by atoms with Gasteiger partial charge < -0.3 is 20.1 Å². The van der Waals surface area contributed by atoms with Crippen LogP contribution in [0.4, 0.5) is 0 Å². The fourth-order valence-corrected chi connectivity index (χ4v) is 3.16. The Bertz CT molecular complexity index is 494. The van der Waals surface area contributed by atoms with Crippen molar-refractivity contribution in [3.63, 3.8) is 0 Å². The van der Waals surface area contributed by atoms with Crippen LogP contribution in [0.15, 0.2) is 30.3 Å². The van der Waals surface area contributed by atoms with Gasteiger partial charge >= 0.3 is 0 Å². The lowest BCUT2D eigenvalue weighted by Crippen LogP contribution is -2.50. The van der Waals surface area contributed by atoms with Gasteiger partial charge in [-0.1, -0.05) is 30.3 Å². The molecule has 23 heavy (non-hydrogen) atoms. The Morgan fingerprint density at radius 1 is 1.22 bits per heavy atom. The van der Waals surface area contributed by atoms with Gasteiger partial charge in [0.05, 0.1) is 12.7 Å². The predicted molar refractivity (Wildman–Crippen MR) is 90.5 cm³/mol. The highest BCUT2D eigenvalue weighted by molar-refractivity contribution is 5.85. The molecule has 0 spiro atoms. The van der Waals surface area contributed by atoms with E-state index in [9.17, 15) is 4.79 Å². The minimum Gasteiger partial charge on any atom is -0.375 e. The van der Waals surface area contributed by atoms with E-state index in [1.165, 1.54) is 0 Å². The van der Waals surface area contributed by atoms with Crippen molar-refractivity contribution in [2.45, 2.75) is 37.5 Å². The minimum atomic E-state index is -0.252. The number of morpholine rings is 1. The molecule has 3 unspecified atom stereocenters. The van der Waals surface area contributed by atoms with Crippen molar-refractivity contribution in [3.8, 4) is 0 Å². The molecule has 0 radical (unpaired) electrons. The normalized spacial score (nSPS) is 25.7. The van der Waals surface area contributed by atoms with Crippen LogP contribution in [0.25, 0.3) is 0 Å². The van der Waals surface area contributed by atoms with Crippen LogP contribution in [0, 0.1) is 0 Å². The molecule has 5 nitrogen and oxygen atoms in total. The number of nitrogens with zero attached hydrogens (tertiary/aromatic N) is 1. The van der Waals surface area contributed by atoms with Crippen molar-refractivity contribution in [3.05, 3.63) is 35.9 Å². The van der Waals surface area contributed by atoms with E-state index in [2.05, 4.69) is 0 Å². The molecule has 128 valence electrons. The lowest BCUT2D eigenvalue weighted by Gasteiger charge is -2.35. The third kappa shape index (κ3) is 4.67. The number of hydrogen-bond acceptors (Lipinski definition) is 4. The third-order valence-electron chi connectivity index (χ3n) is 4.45. The topological polar surface area (TPSA) is 64.8 Å². The van der Waals surface area contributed by atoms with Gasteiger partial charge in [-0.2, -0.15) is 0 Å². The number of halogens is 1. The van der Waals surface area contributed by atoms with Gasteiger partial charge in [0.2, 0.25) is 5.91 Å². The quantitative estimate of drug-likeness (QED) is 0.909. The second-order valence-corrected chi connectivity index (χ2v) is 6.02. The first kappa shape index (κ1) is 18.2. The van der Waals surface area contributed by atoms with Crippen LogP contribution in [-0.4, -0.2) is 49.3 Å². The molecule has 1 amide bonds. The van der Waals surface area contributed by atoms with Gasteiger partial charge in [-0.25, -0.2) is 0 Å². The van der Waals surface area contributed by atoms with Crippen LogP contribution in [-0.2, 0) is 14.3 Å². The van der Waals surface area contributed by atoms with Crippen molar-refractivity contribution in [2.24, 2.45) is 5.73 Å². The Balaban J connectivity index is 0.00000192. The van der Waals surface area contributed by atoms with Crippen molar-refractivity contribution < 1.29 is 14.3 Å². The van der Waals surface area contributed by atoms with Gasteiger partial charge in [0.1, 0.15) is 6.10 Å². The van der Waals surface area contributed by atoms with Gasteiger partial charge in [-0.15, -0.1) is 12.4 Å². The lowest BCUT2D eigenvalue weighted by molar-refractivity contribution is -0.145. The standard InChI is InChI=1S/C17H24N2O3.ClH/c18-14(13-5-2-1-3-6-13)11-17(20)19-8-10-22-16(12-19)15-7-4-9-21-15;/h1-3,5-6,14-16H,4,7-12,18H2;1H. The lowest BCUT2D eigenvalue weighted by atomic mass is 10.0. The first-order chi connectivity index (χ1) is 10.7. The van der Waals surface area contributed by atoms with E-state index in [4.69, 9.17) is 15.2 Å². The van der Waals surface area contributed by atoms with E-state index in [0.717, 1.165) is 25.0 Å². The zero-order valence-electron chi connectivity index (χ0n) is 13.2. The van der Waals surface area contributed by atoms with Gasteiger partial charge in [0.25, 0.3) is 0 Å². The summed E-state index contributed by atoms with van der Waals surface area (Å²) in [5, 5.41) is 0. The number of carbonyl (C=O) groups is 1. The van der Waals surface area contributed by atoms with Crippen molar-refractivity contribution >= 4 is 18.3 Å². The molecule has 1 aromatic rings. The van der Waals surface area contributed by atoms with Crippen LogP contribution in [0.3, 0.4) is 0 Å². The average molecular weight is 341 g/mol. The Kier molecular flexibility index (Phi) is 6.84. The van der Waals surface area contributed by atoms with E-state index in [-0.39, 0.29) is 36.6 Å². The van der Waals surface area contributed by atoms with E-state index >= 15 is 0 Å². The van der Waals surface area contributed by atoms with E-state index < -0.39 is 0 Å². The second-order valence-electron chi connectivity index (χ2n) is 6.02. The summed E-state index contributed by atoms with van der Waals surface area (Å²) in [6.07, 6.45) is 2.59. The smallest absolute Gasteiger partial charge is 0.224 e. The molecule has 2 aliphatic heterocycles. The molecule has 2 fully saturated rings. The molecule has 6 heteroatoms. The zero-order chi connectivity index (χ0) is 15.4. The molecular formula is C17H25ClN2O3. The van der Waals surface area contributed by atoms with Crippen molar-refractivity contribution in [2.75, 3.05) is 26.3 Å². The van der Waals surface area contributed by atoms with Crippen LogP contribution < -0.4 is 5.73 Å². The molecule has 3 atom stereocenters. The summed E-state index contributed by atoms with van der Waals surface area (Å²) in [4.78, 5) is 14.4. The maximum atomic E-state index is 12.5. The van der Waals surface area contributed by atoms with E-state index in [1.54, 1.807) is 0 Å². The zero-order valence-corrected chi connectivity index (χ0v) is 14.0. The highest BCUT2D eigenvalue weighted by atomic mass is 35.5. The maximum Gasteiger partial charge on any atom is 0.224 e. The van der Waals surface area contributed by atoms with E-state index in [1.807, 2.05) is 35.2 Å². The molecule has 2 heterocycles. The number of rotatable bonds is 4. The van der Waals surface area contributed by atoms with Gasteiger partial charge in [0.15, 0.2) is 0 Å². The third-order valence-corrected chi connectivity index (χ3v) is 4.45. The molecule has 0 aromatic heterocycles. The highest BCUT2D eigenvalue weighted by Crippen LogP contribution is 2.22. The van der Waals surface area contributed by atoms with Crippen LogP contribution in [0.1, 0.15) is 30.9 Å². The number of benzene rings is 1. The minimum absolute atomic E-state index is 0. The summed E-state index contributed by atoms with van der Waals surface area (Å²) in [6.45, 7) is 2.64. The van der Waals surface area contributed by atoms with Crippen LogP contribution in [0.5, 0.6) is 0 Å². The number of ether oxygens (including phenoxy) is 2. The maximum absolute atomic E-state index is 12.5. The highest BCUT2D eigenvalue weighted by Gasteiger charge is 2.33. The fraction of sp³-hybridized carbons (Fsp3) is 0.588. The molecule has 0 aliphatic carbocycles. The number of amides is 1. The van der Waals surface area contributed by atoms with Gasteiger partial charge in [-0.3, -0.25) is 4.79 Å². The van der Waals surface area contributed by atoms with Gasteiger partial charge in [0, 0.05) is 32.2 Å². The Morgan fingerprint density at radius 3 is 2.65 bits per heavy atom. The van der Waals surface area contributed by atoms with Crippen molar-refractivity contribution in [1.29, 1.82) is 0 Å². The Labute approximate surface area is 143 Å². The monoisotopic (exact) mass is 340 g/mol. The number of nitrogens with two attached hydrogens (primary N) is 1. The van der Waals surface area contributed by atoms with Gasteiger partial charge in [-0.05, 0) is 18.4 Å². The second kappa shape index (κ2) is 8.64. The summed E-state index contributed by atoms with van der Waals surface area (Å²) < 4.78 is 11.5. The molecule has 2 aliphatic rings. The summed E-state index contributed by atoms with van der Waals surface area (Å²) >= 11 is 0. The Morgan fingerprint density at radius 2 is 1.96 bits per heavy atom. The largest absolute Gasteiger partial charge is 0.375 e. The first-order valence-electron chi connectivity index (χ1n) is 8.05. The molecule has 2 N–H and O–H groups in total. The molecule has 2 saturated heterocycles. The number of carbonyl (C=O) groups excluding carboxylic acids is 1. The average Bonchev–Trinajstić information content (AvgIpc) is 3.10. The molecule has 1 aromatic carbocycles. The summed E-state index contributed by atoms with van der Waals surface area (Å²) in [6, 6.07) is 9.52. The van der Waals surface area contributed by atoms with E-state index in [0.29, 0.717) is 26.1 Å². The summed E-state index contributed by atoms with van der Waals surface area (Å²) in [5.74, 6) is 0.0997. The van der Waals surface area contributed by atoms with Crippen molar-refractivity contribution in [1.82, 2.24) is 4.90 Å². The summed E-state index contributed by atoms with van der Waals surface area (Å²) in [5.41, 5.74) is 7.16. The van der Waals surface area contributed by atoms with Crippen LogP contribution >= 0.6 is 12.4 Å². The SMILES string of the molecule is Cl.NC(CC(=O)N1CCOC(C2CCCO2)C1)c1ccccc1. The molecule has 0 saturated carbocycles. The molecule has 3 rings (SSSR count). The predicted octanol–water partition coefficient (Wildman–Crippen LogP) is 1.90. The molecule has 0 bridgehead atoms. The van der Waals surface area contributed by atoms with Crippen LogP contribution in [0.2, 0.25) is 0 Å². The summed E-state index contributed by atoms with van der Waals surface area (Å²) in [7, 11) is 0. The first-order valence-corrected chi connectivity index (χ1v) is 8.05.